The van der Waals surface area contributed by atoms with Crippen molar-refractivity contribution in [3.8, 4) is 0 Å². The van der Waals surface area contributed by atoms with Crippen molar-refractivity contribution < 1.29 is 0 Å². The summed E-state index contributed by atoms with van der Waals surface area (Å²) in [5.74, 6) is 5.76. The maximum absolute atomic E-state index is 5.76. The van der Waals surface area contributed by atoms with Gasteiger partial charge in [0.25, 0.3) is 0 Å². The van der Waals surface area contributed by atoms with Gasteiger partial charge in [-0.3, -0.25) is 15.8 Å². The van der Waals surface area contributed by atoms with Crippen LogP contribution in [-0.2, 0) is 0 Å². The molecular weight excluding hydrogens is 316 g/mol. The van der Waals surface area contributed by atoms with Gasteiger partial charge in [-0.15, -0.1) is 0 Å². The van der Waals surface area contributed by atoms with Crippen molar-refractivity contribution in [3.05, 3.63) is 70.6 Å². The summed E-state index contributed by atoms with van der Waals surface area (Å²) in [6.45, 7) is 0. The number of aromatic nitrogens is 2. The monoisotopic (exact) mass is 328 g/mol. The molecule has 0 saturated heterocycles. The van der Waals surface area contributed by atoms with Crippen LogP contribution < -0.4 is 11.3 Å². The molecule has 0 bridgehead atoms. The first-order chi connectivity index (χ1) is 9.79. The lowest BCUT2D eigenvalue weighted by Crippen LogP contribution is -2.29. The molecule has 0 radical (unpaired) electrons. The number of hydrogen-bond donors (Lipinski definition) is 2. The molecule has 0 aliphatic rings. The molecule has 2 heterocycles. The lowest BCUT2D eigenvalue weighted by Gasteiger charge is -2.18. The smallest absolute Gasteiger partial charge is 0.0753 e. The molecule has 0 aliphatic heterocycles. The van der Waals surface area contributed by atoms with E-state index in [1.807, 2.05) is 36.4 Å². The summed E-state index contributed by atoms with van der Waals surface area (Å²) in [5.41, 5.74) is 5.81. The van der Waals surface area contributed by atoms with Gasteiger partial charge in [0.2, 0.25) is 0 Å². The predicted octanol–water partition coefficient (Wildman–Crippen LogP) is 2.95. The second-order valence-electron chi connectivity index (χ2n) is 4.46. The van der Waals surface area contributed by atoms with Crippen LogP contribution in [0.25, 0.3) is 10.9 Å². The molecule has 1 atom stereocenters. The van der Waals surface area contributed by atoms with E-state index in [2.05, 4.69) is 31.3 Å². The topological polar surface area (TPSA) is 63.8 Å². The molecule has 2 aromatic heterocycles. The van der Waals surface area contributed by atoms with Crippen LogP contribution in [0.15, 0.2) is 59.5 Å². The average Bonchev–Trinajstić information content (AvgIpc) is 2.48. The minimum atomic E-state index is -0.154. The molecule has 3 rings (SSSR count). The zero-order valence-electron chi connectivity index (χ0n) is 10.6. The van der Waals surface area contributed by atoms with E-state index in [1.54, 1.807) is 18.6 Å². The van der Waals surface area contributed by atoms with Crippen molar-refractivity contribution in [1.82, 2.24) is 15.4 Å². The number of rotatable bonds is 3. The number of hydrazine groups is 1. The second kappa shape index (κ2) is 5.66. The van der Waals surface area contributed by atoms with Gasteiger partial charge >= 0.3 is 0 Å². The molecule has 1 unspecified atom stereocenters. The normalized spacial score (nSPS) is 12.5. The van der Waals surface area contributed by atoms with E-state index in [9.17, 15) is 0 Å². The summed E-state index contributed by atoms with van der Waals surface area (Å²) in [5, 5.41) is 1.09. The molecule has 0 amide bonds. The van der Waals surface area contributed by atoms with Crippen LogP contribution in [0.1, 0.15) is 17.2 Å². The molecule has 3 aromatic rings. The van der Waals surface area contributed by atoms with E-state index in [4.69, 9.17) is 5.84 Å². The van der Waals surface area contributed by atoms with Crippen LogP contribution in [0.3, 0.4) is 0 Å². The molecule has 4 nitrogen and oxygen atoms in total. The first-order valence-electron chi connectivity index (χ1n) is 6.20. The number of benzene rings is 1. The van der Waals surface area contributed by atoms with Gasteiger partial charge in [-0.1, -0.05) is 24.3 Å². The molecule has 100 valence electrons. The highest BCUT2D eigenvalue weighted by Crippen LogP contribution is 2.27. The van der Waals surface area contributed by atoms with Crippen molar-refractivity contribution in [3.63, 3.8) is 0 Å². The number of pyridine rings is 2. The minimum Gasteiger partial charge on any atom is -0.271 e. The largest absolute Gasteiger partial charge is 0.271 e. The lowest BCUT2D eigenvalue weighted by atomic mass is 9.98. The number of fused-ring (bicyclic) bond motifs is 1. The Labute approximate surface area is 125 Å². The molecule has 1 aromatic carbocycles. The number of para-hydroxylation sites is 1. The quantitative estimate of drug-likeness (QED) is 0.573. The first kappa shape index (κ1) is 13.2. The Kier molecular flexibility index (Phi) is 3.73. The Morgan fingerprint density at radius 3 is 2.80 bits per heavy atom. The molecular formula is C15H13BrN4. The molecule has 0 fully saturated rings. The first-order valence-corrected chi connectivity index (χ1v) is 6.99. The summed E-state index contributed by atoms with van der Waals surface area (Å²) in [6, 6.07) is 11.9. The third-order valence-corrected chi connectivity index (χ3v) is 3.63. The van der Waals surface area contributed by atoms with E-state index in [1.165, 1.54) is 0 Å². The van der Waals surface area contributed by atoms with Gasteiger partial charge in [-0.2, -0.15) is 0 Å². The Morgan fingerprint density at radius 2 is 2.00 bits per heavy atom. The second-order valence-corrected chi connectivity index (χ2v) is 5.37. The molecule has 0 saturated carbocycles. The van der Waals surface area contributed by atoms with Gasteiger partial charge in [0.05, 0.1) is 11.6 Å². The standard InChI is InChI=1S/C15H13BrN4/c16-12-7-11(8-18-9-12)15(20-17)13-5-1-3-10-4-2-6-19-14(10)13/h1-9,15,20H,17H2. The highest BCUT2D eigenvalue weighted by Gasteiger charge is 2.16. The summed E-state index contributed by atoms with van der Waals surface area (Å²) >= 11 is 3.44. The van der Waals surface area contributed by atoms with Crippen molar-refractivity contribution in [2.24, 2.45) is 5.84 Å². The van der Waals surface area contributed by atoms with Crippen LogP contribution in [0.5, 0.6) is 0 Å². The number of halogens is 1. The fourth-order valence-corrected chi connectivity index (χ4v) is 2.70. The highest BCUT2D eigenvalue weighted by atomic mass is 79.9. The number of hydrogen-bond acceptors (Lipinski definition) is 4. The van der Waals surface area contributed by atoms with Gasteiger partial charge in [0.1, 0.15) is 0 Å². The molecule has 0 aliphatic carbocycles. The van der Waals surface area contributed by atoms with Crippen LogP contribution in [0, 0.1) is 0 Å². The van der Waals surface area contributed by atoms with E-state index < -0.39 is 0 Å². The van der Waals surface area contributed by atoms with E-state index in [0.29, 0.717) is 0 Å². The van der Waals surface area contributed by atoms with Gasteiger partial charge in [0.15, 0.2) is 0 Å². The third kappa shape index (κ3) is 2.43. The van der Waals surface area contributed by atoms with Crippen molar-refractivity contribution in [2.45, 2.75) is 6.04 Å². The van der Waals surface area contributed by atoms with Gasteiger partial charge in [-0.05, 0) is 33.6 Å². The summed E-state index contributed by atoms with van der Waals surface area (Å²) in [7, 11) is 0. The molecule has 20 heavy (non-hydrogen) atoms. The van der Waals surface area contributed by atoms with Crippen LogP contribution >= 0.6 is 15.9 Å². The third-order valence-electron chi connectivity index (χ3n) is 3.20. The number of nitrogens with one attached hydrogen (secondary N) is 1. The van der Waals surface area contributed by atoms with Crippen molar-refractivity contribution in [1.29, 1.82) is 0 Å². The van der Waals surface area contributed by atoms with E-state index in [0.717, 1.165) is 26.5 Å². The van der Waals surface area contributed by atoms with Gasteiger partial charge in [0, 0.05) is 34.0 Å². The Morgan fingerprint density at radius 1 is 1.15 bits per heavy atom. The van der Waals surface area contributed by atoms with Crippen molar-refractivity contribution >= 4 is 26.8 Å². The molecule has 5 heteroatoms. The van der Waals surface area contributed by atoms with Gasteiger partial charge < -0.3 is 0 Å². The summed E-state index contributed by atoms with van der Waals surface area (Å²) in [6.07, 6.45) is 5.34. The van der Waals surface area contributed by atoms with Crippen molar-refractivity contribution in [2.75, 3.05) is 0 Å². The van der Waals surface area contributed by atoms with Crippen LogP contribution in [0.4, 0.5) is 0 Å². The Bertz CT molecular complexity index is 739. The SMILES string of the molecule is NNC(c1cncc(Br)c1)c1cccc2cccnc12. The predicted molar refractivity (Wildman–Crippen MR) is 82.8 cm³/mol. The van der Waals surface area contributed by atoms with Crippen LogP contribution in [0.2, 0.25) is 0 Å². The molecule has 0 spiro atoms. The number of nitrogens with two attached hydrogens (primary N) is 1. The van der Waals surface area contributed by atoms with Gasteiger partial charge in [-0.25, -0.2) is 5.43 Å². The average molecular weight is 329 g/mol. The maximum atomic E-state index is 5.76. The Hall–Kier alpha value is -1.82. The fraction of sp³-hybridized carbons (Fsp3) is 0.0667. The van der Waals surface area contributed by atoms with Crippen LogP contribution in [-0.4, -0.2) is 9.97 Å². The highest BCUT2D eigenvalue weighted by molar-refractivity contribution is 9.10. The number of nitrogens with zero attached hydrogens (tertiary/aromatic N) is 2. The van der Waals surface area contributed by atoms with E-state index >= 15 is 0 Å². The summed E-state index contributed by atoms with van der Waals surface area (Å²) < 4.78 is 0.920. The van der Waals surface area contributed by atoms with E-state index in [-0.39, 0.29) is 6.04 Å². The zero-order chi connectivity index (χ0) is 13.9. The summed E-state index contributed by atoms with van der Waals surface area (Å²) in [4.78, 5) is 8.67. The maximum Gasteiger partial charge on any atom is 0.0753 e. The molecule has 3 N–H and O–H groups in total. The minimum absolute atomic E-state index is 0.154. The fourth-order valence-electron chi connectivity index (χ4n) is 2.31. The zero-order valence-corrected chi connectivity index (χ0v) is 12.2. The Balaban J connectivity index is 2.17. The lowest BCUT2D eigenvalue weighted by molar-refractivity contribution is 0.637.